The maximum atomic E-state index is 10.7. The summed E-state index contributed by atoms with van der Waals surface area (Å²) < 4.78 is 0. The SMILES string of the molecule is CCCN(CCc1ccc(C)cc1)CC(=O)O. The minimum Gasteiger partial charge on any atom is -0.480 e. The van der Waals surface area contributed by atoms with Gasteiger partial charge in [-0.05, 0) is 31.9 Å². The summed E-state index contributed by atoms with van der Waals surface area (Å²) in [6, 6.07) is 8.41. The van der Waals surface area contributed by atoms with Gasteiger partial charge in [-0.25, -0.2) is 0 Å². The molecule has 94 valence electrons. The first-order valence-electron chi connectivity index (χ1n) is 6.11. The lowest BCUT2D eigenvalue weighted by atomic mass is 10.1. The van der Waals surface area contributed by atoms with E-state index in [0.29, 0.717) is 0 Å². The van der Waals surface area contributed by atoms with Crippen LogP contribution in [0.25, 0.3) is 0 Å². The van der Waals surface area contributed by atoms with Crippen LogP contribution in [0.5, 0.6) is 0 Å². The molecule has 1 aromatic carbocycles. The molecule has 0 bridgehead atoms. The Morgan fingerprint density at radius 2 is 1.88 bits per heavy atom. The summed E-state index contributed by atoms with van der Waals surface area (Å²) in [5.74, 6) is -0.748. The Labute approximate surface area is 103 Å². The molecule has 1 aromatic rings. The van der Waals surface area contributed by atoms with Gasteiger partial charge in [-0.3, -0.25) is 9.69 Å². The molecule has 0 atom stereocenters. The van der Waals surface area contributed by atoms with Gasteiger partial charge in [0.2, 0.25) is 0 Å². The zero-order valence-corrected chi connectivity index (χ0v) is 10.6. The molecule has 0 aromatic heterocycles. The Balaban J connectivity index is 2.45. The molecule has 0 spiro atoms. The van der Waals surface area contributed by atoms with Crippen LogP contribution >= 0.6 is 0 Å². The van der Waals surface area contributed by atoms with E-state index in [2.05, 4.69) is 38.1 Å². The fraction of sp³-hybridized carbons (Fsp3) is 0.500. The molecule has 0 saturated carbocycles. The van der Waals surface area contributed by atoms with Crippen molar-refractivity contribution in [2.24, 2.45) is 0 Å². The monoisotopic (exact) mass is 235 g/mol. The van der Waals surface area contributed by atoms with Crippen LogP contribution in [-0.2, 0) is 11.2 Å². The molecule has 0 saturated heterocycles. The van der Waals surface area contributed by atoms with E-state index in [-0.39, 0.29) is 6.54 Å². The first kappa shape index (κ1) is 13.7. The summed E-state index contributed by atoms with van der Waals surface area (Å²) in [5, 5.41) is 8.80. The Bertz CT molecular complexity index is 346. The number of rotatable bonds is 7. The molecule has 3 heteroatoms. The van der Waals surface area contributed by atoms with Gasteiger partial charge in [0.1, 0.15) is 0 Å². The molecule has 0 heterocycles. The van der Waals surface area contributed by atoms with Crippen LogP contribution in [0.15, 0.2) is 24.3 Å². The Morgan fingerprint density at radius 1 is 1.24 bits per heavy atom. The number of carboxylic acid groups (broad SMARTS) is 1. The molecule has 0 aliphatic carbocycles. The van der Waals surface area contributed by atoms with Crippen molar-refractivity contribution in [2.45, 2.75) is 26.7 Å². The van der Waals surface area contributed by atoms with E-state index in [1.54, 1.807) is 0 Å². The average molecular weight is 235 g/mol. The lowest BCUT2D eigenvalue weighted by molar-refractivity contribution is -0.138. The average Bonchev–Trinajstić information content (AvgIpc) is 2.27. The van der Waals surface area contributed by atoms with Crippen LogP contribution < -0.4 is 0 Å². The minimum absolute atomic E-state index is 0.139. The van der Waals surface area contributed by atoms with Crippen molar-refractivity contribution in [1.82, 2.24) is 4.90 Å². The third-order valence-electron chi connectivity index (χ3n) is 2.74. The number of hydrogen-bond acceptors (Lipinski definition) is 2. The van der Waals surface area contributed by atoms with E-state index in [4.69, 9.17) is 5.11 Å². The van der Waals surface area contributed by atoms with Crippen molar-refractivity contribution in [3.05, 3.63) is 35.4 Å². The summed E-state index contributed by atoms with van der Waals surface area (Å²) in [6.07, 6.45) is 1.90. The molecule has 0 amide bonds. The highest BCUT2D eigenvalue weighted by atomic mass is 16.4. The molecule has 17 heavy (non-hydrogen) atoms. The van der Waals surface area contributed by atoms with Gasteiger partial charge in [0.25, 0.3) is 0 Å². The van der Waals surface area contributed by atoms with Crippen LogP contribution in [0.3, 0.4) is 0 Å². The fourth-order valence-electron chi connectivity index (χ4n) is 1.82. The molecule has 1 rings (SSSR count). The quantitative estimate of drug-likeness (QED) is 0.788. The van der Waals surface area contributed by atoms with Crippen molar-refractivity contribution >= 4 is 5.97 Å². The standard InChI is InChI=1S/C14H21NO2/c1-3-9-15(11-14(16)17)10-8-13-6-4-12(2)5-7-13/h4-7H,3,8-11H2,1-2H3,(H,16,17). The third-order valence-corrected chi connectivity index (χ3v) is 2.74. The van der Waals surface area contributed by atoms with Crippen molar-refractivity contribution in [3.8, 4) is 0 Å². The second-order valence-corrected chi connectivity index (χ2v) is 4.41. The summed E-state index contributed by atoms with van der Waals surface area (Å²) in [6.45, 7) is 5.93. The highest BCUT2D eigenvalue weighted by molar-refractivity contribution is 5.69. The van der Waals surface area contributed by atoms with Gasteiger partial charge in [-0.1, -0.05) is 36.8 Å². The van der Waals surface area contributed by atoms with Crippen molar-refractivity contribution < 1.29 is 9.90 Å². The van der Waals surface area contributed by atoms with Gasteiger partial charge in [-0.2, -0.15) is 0 Å². The molecule has 0 unspecified atom stereocenters. The predicted molar refractivity (Wildman–Crippen MR) is 69.2 cm³/mol. The fourth-order valence-corrected chi connectivity index (χ4v) is 1.82. The van der Waals surface area contributed by atoms with Gasteiger partial charge in [0.05, 0.1) is 6.54 Å². The highest BCUT2D eigenvalue weighted by Gasteiger charge is 2.08. The summed E-state index contributed by atoms with van der Waals surface area (Å²) in [4.78, 5) is 12.7. The van der Waals surface area contributed by atoms with Crippen molar-refractivity contribution in [2.75, 3.05) is 19.6 Å². The third kappa shape index (κ3) is 5.50. The van der Waals surface area contributed by atoms with Crippen molar-refractivity contribution in [1.29, 1.82) is 0 Å². The van der Waals surface area contributed by atoms with E-state index in [1.807, 2.05) is 4.90 Å². The van der Waals surface area contributed by atoms with Crippen LogP contribution in [-0.4, -0.2) is 35.6 Å². The topological polar surface area (TPSA) is 40.5 Å². The summed E-state index contributed by atoms with van der Waals surface area (Å²) in [5.41, 5.74) is 2.52. The second-order valence-electron chi connectivity index (χ2n) is 4.41. The number of carbonyl (C=O) groups is 1. The number of carboxylic acids is 1. The van der Waals surface area contributed by atoms with E-state index in [9.17, 15) is 4.79 Å². The number of aliphatic carboxylic acids is 1. The number of nitrogens with zero attached hydrogens (tertiary/aromatic N) is 1. The maximum Gasteiger partial charge on any atom is 0.317 e. The van der Waals surface area contributed by atoms with Gasteiger partial charge in [0.15, 0.2) is 0 Å². The number of benzene rings is 1. The largest absolute Gasteiger partial charge is 0.480 e. The zero-order valence-electron chi connectivity index (χ0n) is 10.6. The number of aryl methyl sites for hydroxylation is 1. The Kier molecular flexibility index (Phi) is 5.70. The summed E-state index contributed by atoms with van der Waals surface area (Å²) >= 11 is 0. The first-order valence-corrected chi connectivity index (χ1v) is 6.11. The first-order chi connectivity index (χ1) is 8.11. The van der Waals surface area contributed by atoms with E-state index >= 15 is 0 Å². The van der Waals surface area contributed by atoms with Gasteiger partial charge in [0, 0.05) is 6.54 Å². The molecule has 0 aliphatic rings. The Morgan fingerprint density at radius 3 is 2.41 bits per heavy atom. The second kappa shape index (κ2) is 7.07. The molecular weight excluding hydrogens is 214 g/mol. The smallest absolute Gasteiger partial charge is 0.317 e. The summed E-state index contributed by atoms with van der Waals surface area (Å²) in [7, 11) is 0. The number of hydrogen-bond donors (Lipinski definition) is 1. The lowest BCUT2D eigenvalue weighted by Gasteiger charge is -2.19. The van der Waals surface area contributed by atoms with Crippen LogP contribution in [0.4, 0.5) is 0 Å². The highest BCUT2D eigenvalue weighted by Crippen LogP contribution is 2.05. The van der Waals surface area contributed by atoms with Crippen LogP contribution in [0.1, 0.15) is 24.5 Å². The van der Waals surface area contributed by atoms with Crippen molar-refractivity contribution in [3.63, 3.8) is 0 Å². The van der Waals surface area contributed by atoms with E-state index < -0.39 is 5.97 Å². The van der Waals surface area contributed by atoms with Gasteiger partial charge >= 0.3 is 5.97 Å². The Hall–Kier alpha value is -1.35. The van der Waals surface area contributed by atoms with E-state index in [1.165, 1.54) is 11.1 Å². The van der Waals surface area contributed by atoms with Crippen LogP contribution in [0.2, 0.25) is 0 Å². The lowest BCUT2D eigenvalue weighted by Crippen LogP contribution is -2.32. The van der Waals surface area contributed by atoms with Gasteiger partial charge in [-0.15, -0.1) is 0 Å². The zero-order chi connectivity index (χ0) is 12.7. The predicted octanol–water partition coefficient (Wildman–Crippen LogP) is 2.33. The minimum atomic E-state index is -0.748. The molecule has 0 aliphatic heterocycles. The molecule has 0 radical (unpaired) electrons. The molecule has 3 nitrogen and oxygen atoms in total. The van der Waals surface area contributed by atoms with Gasteiger partial charge < -0.3 is 5.11 Å². The molecule has 1 N–H and O–H groups in total. The normalized spacial score (nSPS) is 10.8. The van der Waals surface area contributed by atoms with Crippen LogP contribution in [0, 0.1) is 6.92 Å². The van der Waals surface area contributed by atoms with E-state index in [0.717, 1.165) is 25.9 Å². The molecule has 0 fully saturated rings. The molecular formula is C14H21NO2. The maximum absolute atomic E-state index is 10.7.